The van der Waals surface area contributed by atoms with E-state index in [1.807, 2.05) is 103 Å². The second kappa shape index (κ2) is 8.33. The van der Waals surface area contributed by atoms with Crippen LogP contribution in [0.3, 0.4) is 0 Å². The Morgan fingerprint density at radius 2 is 1.64 bits per heavy atom. The number of nitro groups is 1. The summed E-state index contributed by atoms with van der Waals surface area (Å²) in [6.45, 7) is 0.132. The molecule has 2 aliphatic carbocycles. The predicted molar refractivity (Wildman–Crippen MR) is 137 cm³/mol. The van der Waals surface area contributed by atoms with Crippen LogP contribution in [0, 0.1) is 15.5 Å². The van der Waals surface area contributed by atoms with Crippen LogP contribution in [0.25, 0.3) is 10.9 Å². The van der Waals surface area contributed by atoms with E-state index in [-0.39, 0.29) is 17.5 Å². The maximum Gasteiger partial charge on any atom is 0.317 e. The van der Waals surface area contributed by atoms with Crippen LogP contribution in [0.2, 0.25) is 0 Å². The smallest absolute Gasteiger partial charge is 0.317 e. The van der Waals surface area contributed by atoms with E-state index in [1.54, 1.807) is 0 Å². The van der Waals surface area contributed by atoms with Gasteiger partial charge in [0.25, 0.3) is 0 Å². The first-order valence-electron chi connectivity index (χ1n) is 12.4. The maximum atomic E-state index is 14.3. The summed E-state index contributed by atoms with van der Waals surface area (Å²) in [6.07, 6.45) is 3.90. The van der Waals surface area contributed by atoms with Crippen molar-refractivity contribution in [3.8, 4) is 0 Å². The van der Waals surface area contributed by atoms with Crippen molar-refractivity contribution in [3.05, 3.63) is 118 Å². The molecule has 0 N–H and O–H groups in total. The van der Waals surface area contributed by atoms with E-state index in [1.165, 1.54) is 0 Å². The van der Waals surface area contributed by atoms with E-state index >= 15 is 0 Å². The molecule has 1 spiro atoms. The summed E-state index contributed by atoms with van der Waals surface area (Å²) >= 11 is 0. The Kier molecular flexibility index (Phi) is 5.21. The molecule has 6 nitrogen and oxygen atoms in total. The number of hydrogen-bond donors (Lipinski definition) is 0. The Bertz CT molecular complexity index is 1440. The van der Waals surface area contributed by atoms with Gasteiger partial charge in [-0.2, -0.15) is 0 Å². The maximum absolute atomic E-state index is 14.3. The first-order valence-corrected chi connectivity index (χ1v) is 12.4. The zero-order valence-corrected chi connectivity index (χ0v) is 20.2. The topological polar surface area (TPSA) is 74.4 Å². The van der Waals surface area contributed by atoms with E-state index in [9.17, 15) is 14.9 Å². The average Bonchev–Trinajstić information content (AvgIpc) is 3.49. The molecular formula is C30H28N2O4. The summed E-state index contributed by atoms with van der Waals surface area (Å²) in [7, 11) is 1.95. The van der Waals surface area contributed by atoms with Crippen molar-refractivity contribution in [3.63, 3.8) is 0 Å². The van der Waals surface area contributed by atoms with Crippen molar-refractivity contribution in [2.45, 2.75) is 43.2 Å². The number of benzene rings is 3. The van der Waals surface area contributed by atoms with Crippen molar-refractivity contribution in [1.29, 1.82) is 0 Å². The molecule has 2 fully saturated rings. The van der Waals surface area contributed by atoms with Crippen LogP contribution in [-0.4, -0.2) is 21.5 Å². The van der Waals surface area contributed by atoms with E-state index in [0.717, 1.165) is 40.4 Å². The Morgan fingerprint density at radius 1 is 1.00 bits per heavy atom. The Morgan fingerprint density at radius 3 is 2.31 bits per heavy atom. The molecular weight excluding hydrogens is 452 g/mol. The zero-order chi connectivity index (χ0) is 24.9. The third-order valence-electron chi connectivity index (χ3n) is 8.35. The summed E-state index contributed by atoms with van der Waals surface area (Å²) in [5.74, 6) is -1.03. The highest BCUT2D eigenvalue weighted by atomic mass is 16.6. The number of carbonyl (C=O) groups is 1. The van der Waals surface area contributed by atoms with Gasteiger partial charge in [-0.1, -0.05) is 78.9 Å². The molecule has 0 amide bonds. The number of ether oxygens (including phenoxy) is 1. The van der Waals surface area contributed by atoms with Gasteiger partial charge in [-0.05, 0) is 42.0 Å². The third kappa shape index (κ3) is 3.35. The lowest BCUT2D eigenvalue weighted by atomic mass is 9.68. The van der Waals surface area contributed by atoms with E-state index in [2.05, 4.69) is 0 Å². The number of carbonyl (C=O) groups excluding carboxylic acids is 1. The molecule has 0 unspecified atom stereocenters. The van der Waals surface area contributed by atoms with Gasteiger partial charge in [0.1, 0.15) is 12.0 Å². The number of aromatic nitrogens is 1. The molecule has 36 heavy (non-hydrogen) atoms. The standard InChI is InChI=1S/C30H28N2O4/c1-31-18-24(23-14-8-9-15-25(23)31)26-27(32(34)35)29(16-17-29)20-30(26,22-12-6-3-7-13-22)28(33)36-19-21-10-4-2-5-11-21/h2-15,18,26-27H,16-17,19-20H2,1H3/t26-,27-,30+/m1/s1. The Balaban J connectivity index is 1.56. The van der Waals surface area contributed by atoms with Gasteiger partial charge in [0, 0.05) is 34.5 Å². The van der Waals surface area contributed by atoms with Gasteiger partial charge in [0.2, 0.25) is 6.04 Å². The highest BCUT2D eigenvalue weighted by molar-refractivity contribution is 5.90. The second-order valence-corrected chi connectivity index (χ2v) is 10.4. The largest absolute Gasteiger partial charge is 0.460 e. The molecule has 1 aromatic heterocycles. The fourth-order valence-corrected chi connectivity index (χ4v) is 6.61. The lowest BCUT2D eigenvalue weighted by Gasteiger charge is -2.33. The molecule has 3 atom stereocenters. The van der Waals surface area contributed by atoms with E-state index < -0.39 is 22.8 Å². The molecule has 2 aliphatic rings. The van der Waals surface area contributed by atoms with Gasteiger partial charge in [0.15, 0.2) is 0 Å². The van der Waals surface area contributed by atoms with Crippen molar-refractivity contribution in [2.75, 3.05) is 0 Å². The number of fused-ring (bicyclic) bond motifs is 1. The highest BCUT2D eigenvalue weighted by Crippen LogP contribution is 2.70. The monoisotopic (exact) mass is 480 g/mol. The number of nitrogens with zero attached hydrogens (tertiary/aromatic N) is 2. The van der Waals surface area contributed by atoms with Crippen LogP contribution in [0.1, 0.15) is 41.9 Å². The van der Waals surface area contributed by atoms with Gasteiger partial charge in [-0.25, -0.2) is 0 Å². The zero-order valence-electron chi connectivity index (χ0n) is 20.2. The van der Waals surface area contributed by atoms with Crippen LogP contribution < -0.4 is 0 Å². The quantitative estimate of drug-likeness (QED) is 0.199. The minimum absolute atomic E-state index is 0.130. The number of hydrogen-bond acceptors (Lipinski definition) is 4. The summed E-state index contributed by atoms with van der Waals surface area (Å²) in [5, 5.41) is 13.7. The van der Waals surface area contributed by atoms with Gasteiger partial charge in [-0.15, -0.1) is 0 Å². The first-order chi connectivity index (χ1) is 17.5. The molecule has 182 valence electrons. The first kappa shape index (κ1) is 22.5. The molecule has 6 heteroatoms. The van der Waals surface area contributed by atoms with Gasteiger partial charge in [-0.3, -0.25) is 14.9 Å². The minimum atomic E-state index is -1.16. The fraction of sp³-hybridized carbons (Fsp3) is 0.300. The van der Waals surface area contributed by atoms with Crippen LogP contribution in [-0.2, 0) is 28.6 Å². The molecule has 4 aromatic rings. The highest BCUT2D eigenvalue weighted by Gasteiger charge is 2.75. The second-order valence-electron chi connectivity index (χ2n) is 10.4. The molecule has 3 aromatic carbocycles. The van der Waals surface area contributed by atoms with E-state index in [4.69, 9.17) is 4.74 Å². The van der Waals surface area contributed by atoms with Gasteiger partial charge < -0.3 is 9.30 Å². The van der Waals surface area contributed by atoms with Crippen molar-refractivity contribution in [1.82, 2.24) is 4.57 Å². The predicted octanol–water partition coefficient (Wildman–Crippen LogP) is 5.77. The number of rotatable bonds is 6. The molecule has 0 bridgehead atoms. The Labute approximate surface area is 209 Å². The number of aryl methyl sites for hydroxylation is 1. The van der Waals surface area contributed by atoms with Gasteiger partial charge in [0.05, 0.1) is 5.92 Å². The molecule has 0 radical (unpaired) electrons. The molecule has 0 saturated heterocycles. The molecule has 1 heterocycles. The normalized spacial score (nSPS) is 24.1. The summed E-state index contributed by atoms with van der Waals surface area (Å²) < 4.78 is 8.03. The lowest BCUT2D eigenvalue weighted by Crippen LogP contribution is -2.43. The number of esters is 1. The van der Waals surface area contributed by atoms with Crippen LogP contribution in [0.4, 0.5) is 0 Å². The average molecular weight is 481 g/mol. The molecule has 6 rings (SSSR count). The number of para-hydroxylation sites is 1. The van der Waals surface area contributed by atoms with E-state index in [0.29, 0.717) is 6.42 Å². The van der Waals surface area contributed by atoms with Crippen molar-refractivity contribution in [2.24, 2.45) is 12.5 Å². The summed E-state index contributed by atoms with van der Waals surface area (Å²) in [4.78, 5) is 26.9. The molecule has 0 aliphatic heterocycles. The van der Waals surface area contributed by atoms with Crippen LogP contribution in [0.5, 0.6) is 0 Å². The summed E-state index contributed by atoms with van der Waals surface area (Å²) in [5.41, 5.74) is 1.85. The third-order valence-corrected chi connectivity index (χ3v) is 8.35. The summed E-state index contributed by atoms with van der Waals surface area (Å²) in [6, 6.07) is 26.2. The van der Waals surface area contributed by atoms with Crippen LogP contribution in [0.15, 0.2) is 91.1 Å². The Hall–Kier alpha value is -3.93. The lowest BCUT2D eigenvalue weighted by molar-refractivity contribution is -0.535. The molecule has 2 saturated carbocycles. The van der Waals surface area contributed by atoms with Crippen molar-refractivity contribution >= 4 is 16.9 Å². The van der Waals surface area contributed by atoms with Gasteiger partial charge >= 0.3 is 5.97 Å². The minimum Gasteiger partial charge on any atom is -0.460 e. The SMILES string of the molecule is Cn1cc([C@@H]2[C@@H]([N+](=O)[O-])C3(CC3)C[C@]2(C(=O)OCc2ccccc2)c2ccccc2)c2ccccc21. The van der Waals surface area contributed by atoms with Crippen molar-refractivity contribution < 1.29 is 14.5 Å². The van der Waals surface area contributed by atoms with Crippen LogP contribution >= 0.6 is 0 Å². The fourth-order valence-electron chi connectivity index (χ4n) is 6.61.